The Labute approximate surface area is 121 Å². The third-order valence-corrected chi connectivity index (χ3v) is 5.14. The summed E-state index contributed by atoms with van der Waals surface area (Å²) in [5.41, 5.74) is 0. The van der Waals surface area contributed by atoms with Crippen LogP contribution >= 0.6 is 11.8 Å². The molecule has 1 saturated carbocycles. The van der Waals surface area contributed by atoms with Crippen LogP contribution in [0.2, 0.25) is 0 Å². The quantitative estimate of drug-likeness (QED) is 0.696. The predicted octanol–water partition coefficient (Wildman–Crippen LogP) is 2.65. The first-order chi connectivity index (χ1) is 9.29. The Bertz CT molecular complexity index is 273. The van der Waals surface area contributed by atoms with Crippen LogP contribution in [0.15, 0.2) is 0 Å². The van der Waals surface area contributed by atoms with Gasteiger partial charge in [0.05, 0.1) is 0 Å². The SMILES string of the molecule is CCCCSCCC(=O)NC1CCN(C2CC2)CC1. The summed E-state index contributed by atoms with van der Waals surface area (Å²) >= 11 is 1.91. The fraction of sp³-hybridized carbons (Fsp3) is 0.933. The fourth-order valence-electron chi connectivity index (χ4n) is 2.66. The number of piperidine rings is 1. The van der Waals surface area contributed by atoms with Gasteiger partial charge >= 0.3 is 0 Å². The van der Waals surface area contributed by atoms with Crippen LogP contribution in [-0.2, 0) is 4.79 Å². The maximum Gasteiger partial charge on any atom is 0.221 e. The standard InChI is InChI=1S/C15H28N2OS/c1-2-3-11-19-12-8-15(18)16-13-6-9-17(10-7-13)14-4-5-14/h13-14H,2-12H2,1H3,(H,16,18). The van der Waals surface area contributed by atoms with Gasteiger partial charge < -0.3 is 10.2 Å². The number of hydrogen-bond donors (Lipinski definition) is 1. The highest BCUT2D eigenvalue weighted by atomic mass is 32.2. The lowest BCUT2D eigenvalue weighted by Gasteiger charge is -2.32. The summed E-state index contributed by atoms with van der Waals surface area (Å²) in [6, 6.07) is 1.31. The number of nitrogens with one attached hydrogen (secondary N) is 1. The van der Waals surface area contributed by atoms with E-state index in [0.29, 0.717) is 12.5 Å². The zero-order valence-corrected chi connectivity index (χ0v) is 13.0. The first-order valence-corrected chi connectivity index (χ1v) is 9.06. The molecule has 3 nitrogen and oxygen atoms in total. The van der Waals surface area contributed by atoms with E-state index < -0.39 is 0 Å². The van der Waals surface area contributed by atoms with Crippen molar-refractivity contribution in [3.63, 3.8) is 0 Å². The zero-order chi connectivity index (χ0) is 13.5. The Kier molecular flexibility index (Phi) is 6.51. The second-order valence-electron chi connectivity index (χ2n) is 5.82. The van der Waals surface area contributed by atoms with Crippen LogP contribution in [0.25, 0.3) is 0 Å². The van der Waals surface area contributed by atoms with E-state index in [1.807, 2.05) is 11.8 Å². The van der Waals surface area contributed by atoms with E-state index >= 15 is 0 Å². The van der Waals surface area contributed by atoms with Crippen LogP contribution in [0, 0.1) is 0 Å². The molecule has 2 rings (SSSR count). The maximum atomic E-state index is 11.8. The summed E-state index contributed by atoms with van der Waals surface area (Å²) < 4.78 is 0. The molecule has 110 valence electrons. The summed E-state index contributed by atoms with van der Waals surface area (Å²) in [5, 5.41) is 3.21. The number of likely N-dealkylation sites (tertiary alicyclic amines) is 1. The number of amides is 1. The van der Waals surface area contributed by atoms with E-state index in [9.17, 15) is 4.79 Å². The minimum atomic E-state index is 0.258. The van der Waals surface area contributed by atoms with E-state index in [2.05, 4.69) is 17.1 Å². The molecule has 1 aliphatic carbocycles. The van der Waals surface area contributed by atoms with E-state index in [1.165, 1.54) is 44.5 Å². The first-order valence-electron chi connectivity index (χ1n) is 7.90. The monoisotopic (exact) mass is 284 g/mol. The second kappa shape index (κ2) is 8.15. The minimum Gasteiger partial charge on any atom is -0.353 e. The molecule has 1 heterocycles. The zero-order valence-electron chi connectivity index (χ0n) is 12.2. The van der Waals surface area contributed by atoms with Gasteiger partial charge in [-0.05, 0) is 37.9 Å². The topological polar surface area (TPSA) is 32.3 Å². The molecule has 4 heteroatoms. The van der Waals surface area contributed by atoms with Crippen molar-refractivity contribution in [1.82, 2.24) is 10.2 Å². The molecule has 0 radical (unpaired) electrons. The highest BCUT2D eigenvalue weighted by Crippen LogP contribution is 2.29. The molecule has 0 aromatic rings. The van der Waals surface area contributed by atoms with E-state index in [0.717, 1.165) is 24.6 Å². The van der Waals surface area contributed by atoms with Crippen molar-refractivity contribution >= 4 is 17.7 Å². The smallest absolute Gasteiger partial charge is 0.221 e. The average molecular weight is 284 g/mol. The Morgan fingerprint density at radius 1 is 1.21 bits per heavy atom. The van der Waals surface area contributed by atoms with Crippen molar-refractivity contribution in [3.8, 4) is 0 Å². The van der Waals surface area contributed by atoms with Crippen molar-refractivity contribution < 1.29 is 4.79 Å². The number of unbranched alkanes of at least 4 members (excludes halogenated alkanes) is 1. The molecule has 0 spiro atoms. The molecule has 1 amide bonds. The lowest BCUT2D eigenvalue weighted by molar-refractivity contribution is -0.121. The van der Waals surface area contributed by atoms with E-state index in [-0.39, 0.29) is 5.91 Å². The molecular formula is C15H28N2OS. The molecule has 0 unspecified atom stereocenters. The Balaban J connectivity index is 1.50. The molecule has 1 aliphatic heterocycles. The lowest BCUT2D eigenvalue weighted by Crippen LogP contribution is -2.45. The predicted molar refractivity (Wildman–Crippen MR) is 82.6 cm³/mol. The van der Waals surface area contributed by atoms with Crippen molar-refractivity contribution in [2.75, 3.05) is 24.6 Å². The summed E-state index contributed by atoms with van der Waals surface area (Å²) in [6.45, 7) is 4.57. The molecule has 0 aromatic heterocycles. The number of carbonyl (C=O) groups is 1. The largest absolute Gasteiger partial charge is 0.353 e. The van der Waals surface area contributed by atoms with Crippen LogP contribution in [-0.4, -0.2) is 47.5 Å². The van der Waals surface area contributed by atoms with Gasteiger partial charge in [0.25, 0.3) is 0 Å². The van der Waals surface area contributed by atoms with Crippen LogP contribution < -0.4 is 5.32 Å². The lowest BCUT2D eigenvalue weighted by atomic mass is 10.0. The van der Waals surface area contributed by atoms with Crippen LogP contribution in [0.3, 0.4) is 0 Å². The number of carbonyl (C=O) groups excluding carboxylic acids is 1. The van der Waals surface area contributed by atoms with Gasteiger partial charge in [-0.1, -0.05) is 13.3 Å². The molecule has 19 heavy (non-hydrogen) atoms. The molecule has 0 aromatic carbocycles. The normalized spacial score (nSPS) is 21.5. The Morgan fingerprint density at radius 2 is 1.95 bits per heavy atom. The summed E-state index contributed by atoms with van der Waals surface area (Å²) in [7, 11) is 0. The third kappa shape index (κ3) is 5.74. The first kappa shape index (κ1) is 15.2. The van der Waals surface area contributed by atoms with Gasteiger partial charge in [0.1, 0.15) is 0 Å². The van der Waals surface area contributed by atoms with Gasteiger partial charge in [0.2, 0.25) is 5.91 Å². The van der Waals surface area contributed by atoms with Gasteiger partial charge in [0.15, 0.2) is 0 Å². The van der Waals surface area contributed by atoms with Crippen LogP contribution in [0.5, 0.6) is 0 Å². The van der Waals surface area contributed by atoms with E-state index in [4.69, 9.17) is 0 Å². The molecular weight excluding hydrogens is 256 g/mol. The number of hydrogen-bond acceptors (Lipinski definition) is 3. The Hall–Kier alpha value is -0.220. The Morgan fingerprint density at radius 3 is 2.58 bits per heavy atom. The summed E-state index contributed by atoms with van der Waals surface area (Å²) in [5.74, 6) is 2.44. The maximum absolute atomic E-state index is 11.8. The van der Waals surface area contributed by atoms with Crippen molar-refractivity contribution in [1.29, 1.82) is 0 Å². The number of thioether (sulfide) groups is 1. The highest BCUT2D eigenvalue weighted by molar-refractivity contribution is 7.99. The fourth-order valence-corrected chi connectivity index (χ4v) is 3.69. The van der Waals surface area contributed by atoms with Crippen molar-refractivity contribution in [2.24, 2.45) is 0 Å². The molecule has 0 atom stereocenters. The molecule has 0 bridgehead atoms. The van der Waals surface area contributed by atoms with Gasteiger partial charge in [0, 0.05) is 37.3 Å². The number of nitrogens with zero attached hydrogens (tertiary/aromatic N) is 1. The highest BCUT2D eigenvalue weighted by Gasteiger charge is 2.31. The average Bonchev–Trinajstić information content (AvgIpc) is 3.24. The second-order valence-corrected chi connectivity index (χ2v) is 7.05. The number of rotatable bonds is 8. The van der Waals surface area contributed by atoms with Crippen molar-refractivity contribution in [3.05, 3.63) is 0 Å². The van der Waals surface area contributed by atoms with Crippen LogP contribution in [0.4, 0.5) is 0 Å². The van der Waals surface area contributed by atoms with Gasteiger partial charge in [-0.2, -0.15) is 11.8 Å². The van der Waals surface area contributed by atoms with E-state index in [1.54, 1.807) is 0 Å². The van der Waals surface area contributed by atoms with Crippen molar-refractivity contribution in [2.45, 2.75) is 64.0 Å². The summed E-state index contributed by atoms with van der Waals surface area (Å²) in [4.78, 5) is 14.4. The van der Waals surface area contributed by atoms with Gasteiger partial charge in [-0.25, -0.2) is 0 Å². The molecule has 2 fully saturated rings. The third-order valence-electron chi connectivity index (χ3n) is 4.07. The summed E-state index contributed by atoms with van der Waals surface area (Å²) in [6.07, 6.45) is 8.29. The molecule has 1 N–H and O–H groups in total. The van der Waals surface area contributed by atoms with Gasteiger partial charge in [-0.15, -0.1) is 0 Å². The molecule has 2 aliphatic rings. The van der Waals surface area contributed by atoms with Gasteiger partial charge in [-0.3, -0.25) is 4.79 Å². The van der Waals surface area contributed by atoms with Crippen LogP contribution in [0.1, 0.15) is 51.9 Å². The molecule has 1 saturated heterocycles. The minimum absolute atomic E-state index is 0.258.